The van der Waals surface area contributed by atoms with Crippen LogP contribution in [0, 0.1) is 11.7 Å². The van der Waals surface area contributed by atoms with E-state index in [0.717, 1.165) is 49.9 Å². The molecular formula is C28H38ClFN4O. The van der Waals surface area contributed by atoms with Crippen LogP contribution in [0.1, 0.15) is 59.8 Å². The van der Waals surface area contributed by atoms with Gasteiger partial charge in [0.2, 0.25) is 5.91 Å². The molecule has 1 N–H and O–H groups in total. The molecule has 35 heavy (non-hydrogen) atoms. The molecule has 0 radical (unpaired) electrons. The molecule has 1 saturated heterocycles. The van der Waals surface area contributed by atoms with Crippen LogP contribution in [0.25, 0.3) is 22.4 Å². The topological polar surface area (TPSA) is 52.2 Å². The fourth-order valence-electron chi connectivity index (χ4n) is 4.89. The molecule has 5 nitrogen and oxygen atoms in total. The first-order valence-electron chi connectivity index (χ1n) is 12.9. The predicted octanol–water partition coefficient (Wildman–Crippen LogP) is 7.30. The van der Waals surface area contributed by atoms with Gasteiger partial charge in [0.05, 0.1) is 22.0 Å². The first-order chi connectivity index (χ1) is 16.9. The summed E-state index contributed by atoms with van der Waals surface area (Å²) >= 11 is 6.52. The van der Waals surface area contributed by atoms with Crippen LogP contribution in [-0.2, 0) is 4.79 Å². The number of nitrogens with zero attached hydrogens (tertiary/aromatic N) is 3. The second-order valence-corrected chi connectivity index (χ2v) is 9.40. The molecule has 4 rings (SSSR count). The Kier molecular flexibility index (Phi) is 9.55. The Morgan fingerprint density at radius 1 is 1.26 bits per heavy atom. The quantitative estimate of drug-likeness (QED) is 0.370. The molecule has 0 aliphatic carbocycles. The van der Waals surface area contributed by atoms with Crippen molar-refractivity contribution in [1.82, 2.24) is 14.9 Å². The molecule has 1 aromatic heterocycles. The lowest BCUT2D eigenvalue weighted by atomic mass is 9.94. The van der Waals surface area contributed by atoms with Crippen LogP contribution in [0.15, 0.2) is 36.4 Å². The van der Waals surface area contributed by atoms with E-state index in [9.17, 15) is 9.18 Å². The maximum atomic E-state index is 13.6. The number of anilines is 1. The molecule has 2 atom stereocenters. The smallest absolute Gasteiger partial charge is 0.227 e. The molecular weight excluding hydrogens is 463 g/mol. The van der Waals surface area contributed by atoms with Gasteiger partial charge < -0.3 is 14.8 Å². The Balaban J connectivity index is 0.00000167. The van der Waals surface area contributed by atoms with Crippen molar-refractivity contribution in [2.75, 3.05) is 25.0 Å². The van der Waals surface area contributed by atoms with Gasteiger partial charge in [-0.3, -0.25) is 4.79 Å². The highest BCUT2D eigenvalue weighted by Crippen LogP contribution is 2.33. The molecule has 1 fully saturated rings. The Morgan fingerprint density at radius 2 is 2.03 bits per heavy atom. The first kappa shape index (κ1) is 27.0. The fraction of sp³-hybridized carbons (Fsp3) is 0.500. The number of nitrogens with one attached hydrogen (secondary N) is 1. The highest BCUT2D eigenvalue weighted by molar-refractivity contribution is 6.33. The van der Waals surface area contributed by atoms with Gasteiger partial charge in [-0.1, -0.05) is 45.7 Å². The number of aromatic amines is 1. The number of fused-ring (bicyclic) bond motifs is 1. The number of carbonyl (C=O) groups excluding carboxylic acids is 1. The van der Waals surface area contributed by atoms with Gasteiger partial charge in [0.25, 0.3) is 0 Å². The standard InChI is InChI=1S/C26H32ClFN4O.C2H6/c1-4-7-19(5-2)31(3)26(33)17-8-6-13-32(16-17)20-10-11-22(27)21(15-20)25-29-23-12-9-18(28)14-24(23)30-25;1-2/h9-12,14-15,17,19H,4-8,13,16H2,1-3H3,(H,29,30);1-2H3/t17-,19?;/m1./s1. The van der Waals surface area contributed by atoms with Crippen molar-refractivity contribution < 1.29 is 9.18 Å². The van der Waals surface area contributed by atoms with Crippen molar-refractivity contribution in [3.05, 3.63) is 47.2 Å². The third kappa shape index (κ3) is 6.16. The second kappa shape index (κ2) is 12.4. The Hall–Kier alpha value is -2.60. The van der Waals surface area contributed by atoms with Crippen molar-refractivity contribution in [2.45, 2.75) is 65.8 Å². The number of piperidine rings is 1. The third-order valence-corrected chi connectivity index (χ3v) is 7.10. The molecule has 2 aromatic carbocycles. The summed E-state index contributed by atoms with van der Waals surface area (Å²) in [5.74, 6) is 0.532. The van der Waals surface area contributed by atoms with Gasteiger partial charge in [-0.25, -0.2) is 9.37 Å². The molecule has 0 bridgehead atoms. The molecule has 0 saturated carbocycles. The largest absolute Gasteiger partial charge is 0.371 e. The van der Waals surface area contributed by atoms with Gasteiger partial charge in [0.15, 0.2) is 0 Å². The highest BCUT2D eigenvalue weighted by Gasteiger charge is 2.30. The van der Waals surface area contributed by atoms with E-state index in [1.807, 2.05) is 44.0 Å². The minimum atomic E-state index is -0.309. The summed E-state index contributed by atoms with van der Waals surface area (Å²) in [7, 11) is 1.95. The van der Waals surface area contributed by atoms with E-state index in [1.165, 1.54) is 12.1 Å². The van der Waals surface area contributed by atoms with Crippen molar-refractivity contribution in [3.63, 3.8) is 0 Å². The average molecular weight is 501 g/mol. The zero-order valence-electron chi connectivity index (χ0n) is 21.6. The minimum Gasteiger partial charge on any atom is -0.371 e. The monoisotopic (exact) mass is 500 g/mol. The number of H-pyrrole nitrogens is 1. The summed E-state index contributed by atoms with van der Waals surface area (Å²) in [4.78, 5) is 25.3. The van der Waals surface area contributed by atoms with Crippen LogP contribution in [0.3, 0.4) is 0 Å². The lowest BCUT2D eigenvalue weighted by Crippen LogP contribution is -2.46. The van der Waals surface area contributed by atoms with Crippen LogP contribution in [0.2, 0.25) is 5.02 Å². The summed E-state index contributed by atoms with van der Waals surface area (Å²) < 4.78 is 13.6. The fourth-order valence-corrected chi connectivity index (χ4v) is 5.09. The number of imidazole rings is 1. The Bertz CT molecular complexity index is 1130. The molecule has 0 spiro atoms. The normalized spacial score (nSPS) is 16.5. The number of hydrogen-bond acceptors (Lipinski definition) is 3. The SMILES string of the molecule is CC.CCCC(CC)N(C)C(=O)[C@@H]1CCCN(c2ccc(Cl)c(-c3nc4ccc(F)cc4[nH]3)c2)C1. The van der Waals surface area contributed by atoms with Gasteiger partial charge >= 0.3 is 0 Å². The summed E-state index contributed by atoms with van der Waals surface area (Å²) in [6.07, 6.45) is 4.98. The van der Waals surface area contributed by atoms with Crippen LogP contribution in [-0.4, -0.2) is 47.0 Å². The lowest BCUT2D eigenvalue weighted by molar-refractivity contribution is -0.136. The predicted molar refractivity (Wildman–Crippen MR) is 145 cm³/mol. The van der Waals surface area contributed by atoms with Crippen molar-refractivity contribution >= 4 is 34.2 Å². The Labute approximate surface area is 213 Å². The maximum absolute atomic E-state index is 13.6. The van der Waals surface area contributed by atoms with Crippen LogP contribution in [0.4, 0.5) is 10.1 Å². The second-order valence-electron chi connectivity index (χ2n) is 9.00. The number of amides is 1. The first-order valence-corrected chi connectivity index (χ1v) is 13.3. The van der Waals surface area contributed by atoms with Gasteiger partial charge in [0.1, 0.15) is 11.6 Å². The molecule has 1 unspecified atom stereocenters. The Morgan fingerprint density at radius 3 is 2.74 bits per heavy atom. The van der Waals surface area contributed by atoms with Gasteiger partial charge in [-0.15, -0.1) is 0 Å². The van der Waals surface area contributed by atoms with E-state index in [0.29, 0.717) is 34.5 Å². The van der Waals surface area contributed by atoms with Crippen molar-refractivity contribution in [1.29, 1.82) is 0 Å². The van der Waals surface area contributed by atoms with E-state index in [1.54, 1.807) is 6.07 Å². The van der Waals surface area contributed by atoms with Gasteiger partial charge in [0, 0.05) is 37.4 Å². The number of carbonyl (C=O) groups is 1. The number of aromatic nitrogens is 2. The molecule has 1 aliphatic rings. The van der Waals surface area contributed by atoms with E-state index >= 15 is 0 Å². The minimum absolute atomic E-state index is 0.0111. The highest BCUT2D eigenvalue weighted by atomic mass is 35.5. The maximum Gasteiger partial charge on any atom is 0.227 e. The summed E-state index contributed by atoms with van der Waals surface area (Å²) in [6, 6.07) is 10.7. The van der Waals surface area contributed by atoms with Crippen LogP contribution >= 0.6 is 11.6 Å². The van der Waals surface area contributed by atoms with Crippen LogP contribution in [0.5, 0.6) is 0 Å². The number of hydrogen-bond donors (Lipinski definition) is 1. The lowest BCUT2D eigenvalue weighted by Gasteiger charge is -2.37. The van der Waals surface area contributed by atoms with Crippen LogP contribution < -0.4 is 4.90 Å². The number of halogens is 2. The zero-order valence-corrected chi connectivity index (χ0v) is 22.3. The number of rotatable bonds is 7. The van der Waals surface area contributed by atoms with E-state index in [-0.39, 0.29) is 17.6 Å². The molecule has 190 valence electrons. The van der Waals surface area contributed by atoms with Gasteiger partial charge in [-0.2, -0.15) is 0 Å². The third-order valence-electron chi connectivity index (χ3n) is 6.77. The van der Waals surface area contributed by atoms with Gasteiger partial charge in [-0.05, 0) is 62.1 Å². The van der Waals surface area contributed by atoms with E-state index in [2.05, 4.69) is 28.7 Å². The summed E-state index contributed by atoms with van der Waals surface area (Å²) in [5, 5.41) is 0.577. The van der Waals surface area contributed by atoms with Crippen molar-refractivity contribution in [2.24, 2.45) is 5.92 Å². The zero-order chi connectivity index (χ0) is 25.5. The molecule has 1 aliphatic heterocycles. The molecule has 1 amide bonds. The average Bonchev–Trinajstić information content (AvgIpc) is 3.31. The van der Waals surface area contributed by atoms with E-state index in [4.69, 9.17) is 11.6 Å². The van der Waals surface area contributed by atoms with Crippen molar-refractivity contribution in [3.8, 4) is 11.4 Å². The van der Waals surface area contributed by atoms with E-state index < -0.39 is 0 Å². The molecule has 7 heteroatoms. The number of benzene rings is 2. The summed E-state index contributed by atoms with van der Waals surface area (Å²) in [6.45, 7) is 9.91. The summed E-state index contributed by atoms with van der Waals surface area (Å²) in [5.41, 5.74) is 3.11. The molecule has 2 heterocycles. The molecule has 3 aromatic rings.